The summed E-state index contributed by atoms with van der Waals surface area (Å²) in [6.07, 6.45) is 3.91. The summed E-state index contributed by atoms with van der Waals surface area (Å²) in [5, 5.41) is 5.91. The minimum atomic E-state index is -0.279. The fraction of sp³-hybridized carbons (Fsp3) is 0.389. The lowest BCUT2D eigenvalue weighted by atomic mass is 9.90. The van der Waals surface area contributed by atoms with Crippen LogP contribution in [0.25, 0.3) is 5.57 Å². The van der Waals surface area contributed by atoms with Gasteiger partial charge in [-0.3, -0.25) is 9.59 Å². The van der Waals surface area contributed by atoms with E-state index in [-0.39, 0.29) is 17.6 Å². The number of nitrogens with one attached hydrogen (secondary N) is 2. The van der Waals surface area contributed by atoms with Gasteiger partial charge in [-0.05, 0) is 30.5 Å². The van der Waals surface area contributed by atoms with Crippen molar-refractivity contribution in [2.24, 2.45) is 5.92 Å². The van der Waals surface area contributed by atoms with Crippen molar-refractivity contribution in [1.29, 1.82) is 0 Å². The molecule has 25 heavy (non-hydrogen) atoms. The second-order valence-corrected chi connectivity index (χ2v) is 8.07. The Bertz CT molecular complexity index is 798. The summed E-state index contributed by atoms with van der Waals surface area (Å²) in [6.45, 7) is 1.34. The van der Waals surface area contributed by atoms with Crippen molar-refractivity contribution in [3.8, 4) is 5.75 Å². The van der Waals surface area contributed by atoms with Crippen molar-refractivity contribution < 1.29 is 14.3 Å². The number of anilines is 1. The van der Waals surface area contributed by atoms with Crippen LogP contribution in [0.15, 0.2) is 23.1 Å². The molecule has 0 radical (unpaired) electrons. The molecule has 1 aliphatic carbocycles. The van der Waals surface area contributed by atoms with E-state index >= 15 is 0 Å². The predicted molar refractivity (Wildman–Crippen MR) is 103 cm³/mol. The highest BCUT2D eigenvalue weighted by Gasteiger charge is 2.34. The molecule has 2 heterocycles. The SMILES string of the molecule is O=C1NC(=S)SC1=C(C(=O)C1CCCC1)c1ccc2c(c1)NCCO2. The fourth-order valence-corrected chi connectivity index (χ4v) is 4.69. The van der Waals surface area contributed by atoms with Gasteiger partial charge in [0.2, 0.25) is 0 Å². The highest BCUT2D eigenvalue weighted by Crippen LogP contribution is 2.39. The first-order valence-electron chi connectivity index (χ1n) is 8.46. The zero-order valence-electron chi connectivity index (χ0n) is 13.6. The van der Waals surface area contributed by atoms with E-state index in [9.17, 15) is 9.59 Å². The van der Waals surface area contributed by atoms with E-state index in [0.717, 1.165) is 49.2 Å². The second-order valence-electron chi connectivity index (χ2n) is 6.38. The van der Waals surface area contributed by atoms with Gasteiger partial charge >= 0.3 is 0 Å². The van der Waals surface area contributed by atoms with Crippen LogP contribution in [0.3, 0.4) is 0 Å². The molecule has 4 rings (SSSR count). The Kier molecular flexibility index (Phi) is 4.52. The average Bonchev–Trinajstić information content (AvgIpc) is 3.25. The topological polar surface area (TPSA) is 67.4 Å². The molecule has 3 aliphatic rings. The van der Waals surface area contributed by atoms with Crippen LogP contribution in [0.1, 0.15) is 31.2 Å². The van der Waals surface area contributed by atoms with Crippen LogP contribution in [0, 0.1) is 5.92 Å². The quantitative estimate of drug-likeness (QED) is 0.626. The molecule has 1 aromatic carbocycles. The van der Waals surface area contributed by atoms with Gasteiger partial charge < -0.3 is 15.4 Å². The van der Waals surface area contributed by atoms with Gasteiger partial charge in [0.05, 0.1) is 10.6 Å². The van der Waals surface area contributed by atoms with Crippen molar-refractivity contribution >= 4 is 51.3 Å². The molecule has 0 unspecified atom stereocenters. The van der Waals surface area contributed by atoms with Crippen molar-refractivity contribution in [2.45, 2.75) is 25.7 Å². The average molecular weight is 374 g/mol. The molecule has 1 saturated heterocycles. The van der Waals surface area contributed by atoms with E-state index < -0.39 is 0 Å². The van der Waals surface area contributed by atoms with Crippen molar-refractivity contribution in [2.75, 3.05) is 18.5 Å². The Hall–Kier alpha value is -1.86. The summed E-state index contributed by atoms with van der Waals surface area (Å²) in [5.41, 5.74) is 2.09. The lowest BCUT2D eigenvalue weighted by molar-refractivity contribution is -0.118. The predicted octanol–water partition coefficient (Wildman–Crippen LogP) is 3.11. The van der Waals surface area contributed by atoms with Crippen molar-refractivity contribution in [3.05, 3.63) is 28.7 Å². The molecular weight excluding hydrogens is 356 g/mol. The molecule has 2 fully saturated rings. The first kappa shape index (κ1) is 16.6. The number of allylic oxidation sites excluding steroid dienone is 1. The minimum Gasteiger partial charge on any atom is -0.490 e. The molecule has 1 aromatic rings. The number of fused-ring (bicyclic) bond motifs is 1. The van der Waals surface area contributed by atoms with Gasteiger partial charge in [-0.1, -0.05) is 42.9 Å². The van der Waals surface area contributed by atoms with Gasteiger partial charge in [-0.25, -0.2) is 0 Å². The number of thioether (sulfide) groups is 1. The summed E-state index contributed by atoms with van der Waals surface area (Å²) in [4.78, 5) is 26.0. The molecule has 1 saturated carbocycles. The van der Waals surface area contributed by atoms with Gasteiger partial charge in [-0.2, -0.15) is 0 Å². The second kappa shape index (κ2) is 6.80. The molecule has 0 bridgehead atoms. The van der Waals surface area contributed by atoms with Crippen molar-refractivity contribution in [1.82, 2.24) is 5.32 Å². The summed E-state index contributed by atoms with van der Waals surface area (Å²) in [6, 6.07) is 5.62. The normalized spacial score (nSPS) is 22.1. The first-order valence-corrected chi connectivity index (χ1v) is 9.68. The number of carbonyl (C=O) groups is 2. The van der Waals surface area contributed by atoms with E-state index in [2.05, 4.69) is 10.6 Å². The van der Waals surface area contributed by atoms with E-state index in [1.807, 2.05) is 18.2 Å². The Morgan fingerprint density at radius 1 is 1.28 bits per heavy atom. The molecular formula is C18H18N2O3S2. The molecule has 5 nitrogen and oxygen atoms in total. The number of amides is 1. The third kappa shape index (κ3) is 3.18. The monoisotopic (exact) mass is 374 g/mol. The summed E-state index contributed by atoms with van der Waals surface area (Å²) in [5.74, 6) is 0.534. The van der Waals surface area contributed by atoms with Gasteiger partial charge in [0, 0.05) is 18.0 Å². The third-order valence-corrected chi connectivity index (χ3v) is 5.99. The number of carbonyl (C=O) groups excluding carboxylic acids is 2. The Labute approximate surface area is 155 Å². The number of hydrogen-bond donors (Lipinski definition) is 2. The molecule has 0 aromatic heterocycles. The highest BCUT2D eigenvalue weighted by molar-refractivity contribution is 8.27. The molecule has 0 spiro atoms. The number of ether oxygens (including phenoxy) is 1. The Morgan fingerprint density at radius 3 is 2.80 bits per heavy atom. The highest BCUT2D eigenvalue weighted by atomic mass is 32.2. The largest absolute Gasteiger partial charge is 0.490 e. The van der Waals surface area contributed by atoms with Crippen molar-refractivity contribution in [3.63, 3.8) is 0 Å². The number of hydrogen-bond acceptors (Lipinski definition) is 6. The number of ketones is 1. The van der Waals surface area contributed by atoms with E-state index in [0.29, 0.717) is 21.4 Å². The number of benzene rings is 1. The van der Waals surface area contributed by atoms with Gasteiger partial charge in [0.15, 0.2) is 5.78 Å². The third-order valence-electron chi connectivity index (χ3n) is 4.76. The van der Waals surface area contributed by atoms with Crippen LogP contribution in [-0.2, 0) is 9.59 Å². The van der Waals surface area contributed by atoms with E-state index in [1.54, 1.807) is 0 Å². The molecule has 2 N–H and O–H groups in total. The van der Waals surface area contributed by atoms with Crippen LogP contribution in [0.2, 0.25) is 0 Å². The van der Waals surface area contributed by atoms with Gasteiger partial charge in [0.1, 0.15) is 16.7 Å². The Balaban J connectivity index is 1.80. The van der Waals surface area contributed by atoms with Crippen LogP contribution in [0.4, 0.5) is 5.69 Å². The maximum Gasteiger partial charge on any atom is 0.264 e. The maximum absolute atomic E-state index is 13.2. The fourth-order valence-electron chi connectivity index (χ4n) is 3.55. The smallest absolute Gasteiger partial charge is 0.264 e. The summed E-state index contributed by atoms with van der Waals surface area (Å²) >= 11 is 6.29. The van der Waals surface area contributed by atoms with Gasteiger partial charge in [-0.15, -0.1) is 0 Å². The molecule has 1 amide bonds. The van der Waals surface area contributed by atoms with Crippen LogP contribution < -0.4 is 15.4 Å². The molecule has 7 heteroatoms. The zero-order valence-corrected chi connectivity index (χ0v) is 15.2. The molecule has 130 valence electrons. The van der Waals surface area contributed by atoms with Crippen LogP contribution >= 0.6 is 24.0 Å². The number of thiocarbonyl (C=S) groups is 1. The van der Waals surface area contributed by atoms with E-state index in [1.165, 1.54) is 11.8 Å². The maximum atomic E-state index is 13.2. The lowest BCUT2D eigenvalue weighted by Gasteiger charge is -2.21. The molecule has 0 atom stereocenters. The first-order chi connectivity index (χ1) is 12.1. The van der Waals surface area contributed by atoms with Crippen LogP contribution in [-0.4, -0.2) is 29.2 Å². The van der Waals surface area contributed by atoms with Crippen LogP contribution in [0.5, 0.6) is 5.75 Å². The number of Topliss-reactive ketones (excluding diaryl/α,β-unsaturated/α-hetero) is 1. The number of rotatable bonds is 3. The minimum absolute atomic E-state index is 0.00897. The summed E-state index contributed by atoms with van der Waals surface area (Å²) < 4.78 is 6.01. The Morgan fingerprint density at radius 2 is 2.08 bits per heavy atom. The lowest BCUT2D eigenvalue weighted by Crippen LogP contribution is -2.21. The van der Waals surface area contributed by atoms with E-state index in [4.69, 9.17) is 17.0 Å². The zero-order chi connectivity index (χ0) is 17.4. The standard InChI is InChI=1S/C18H18N2O3S2/c21-15(10-3-1-2-4-10)14(16-17(22)20-18(24)25-16)11-5-6-13-12(9-11)19-7-8-23-13/h5-6,9-10,19H,1-4,7-8H2,(H,20,22,24). The van der Waals surface area contributed by atoms with Gasteiger partial charge in [0.25, 0.3) is 5.91 Å². The molecule has 2 aliphatic heterocycles. The summed E-state index contributed by atoms with van der Waals surface area (Å²) in [7, 11) is 0.